The summed E-state index contributed by atoms with van der Waals surface area (Å²) in [6.07, 6.45) is 2.04. The number of hydrogen-bond donors (Lipinski definition) is 2. The van der Waals surface area contributed by atoms with Crippen LogP contribution in [0.15, 0.2) is 0 Å². The smallest absolute Gasteiger partial charge is 0.327 e. The second kappa shape index (κ2) is 6.61. The molecule has 1 aliphatic carbocycles. The first-order valence-corrected chi connectivity index (χ1v) is 7.34. The Bertz CT molecular complexity index is 258. The molecule has 1 saturated carbocycles. The van der Waals surface area contributed by atoms with Gasteiger partial charge >= 0.3 is 5.97 Å². The summed E-state index contributed by atoms with van der Waals surface area (Å²) in [6, 6.07) is 0. The summed E-state index contributed by atoms with van der Waals surface area (Å²) >= 11 is 1.63. The molecule has 0 bridgehead atoms. The minimum atomic E-state index is -0.824. The van der Waals surface area contributed by atoms with E-state index >= 15 is 0 Å². The van der Waals surface area contributed by atoms with Crippen LogP contribution in [0.2, 0.25) is 0 Å². The Morgan fingerprint density at radius 1 is 1.65 bits per heavy atom. The molecule has 5 heteroatoms. The van der Waals surface area contributed by atoms with Gasteiger partial charge in [0.15, 0.2) is 0 Å². The van der Waals surface area contributed by atoms with Gasteiger partial charge in [-0.05, 0) is 37.4 Å². The van der Waals surface area contributed by atoms with E-state index < -0.39 is 5.54 Å². The van der Waals surface area contributed by atoms with Crippen LogP contribution in [0.5, 0.6) is 0 Å². The summed E-state index contributed by atoms with van der Waals surface area (Å²) < 4.78 is 5.07. The van der Waals surface area contributed by atoms with E-state index in [4.69, 9.17) is 15.6 Å². The SMILES string of the molecule is CCOC(=O)C(N)(CSCC(C)CO)C1CC1. The van der Waals surface area contributed by atoms with Crippen molar-refractivity contribution in [1.29, 1.82) is 0 Å². The molecular weight excluding hydrogens is 238 g/mol. The van der Waals surface area contributed by atoms with Gasteiger partial charge in [-0.25, -0.2) is 0 Å². The van der Waals surface area contributed by atoms with E-state index in [0.717, 1.165) is 18.6 Å². The Morgan fingerprint density at radius 2 is 2.29 bits per heavy atom. The molecule has 0 aromatic rings. The highest BCUT2D eigenvalue weighted by Crippen LogP contribution is 2.40. The largest absolute Gasteiger partial charge is 0.465 e. The lowest BCUT2D eigenvalue weighted by Gasteiger charge is -2.27. The molecule has 2 unspecified atom stereocenters. The van der Waals surface area contributed by atoms with Crippen LogP contribution in [0.25, 0.3) is 0 Å². The van der Waals surface area contributed by atoms with Crippen molar-refractivity contribution in [2.75, 3.05) is 24.7 Å². The molecule has 3 N–H and O–H groups in total. The number of hydrogen-bond acceptors (Lipinski definition) is 5. The van der Waals surface area contributed by atoms with Gasteiger partial charge < -0.3 is 15.6 Å². The molecule has 1 rings (SSSR count). The first-order valence-electron chi connectivity index (χ1n) is 6.19. The van der Waals surface area contributed by atoms with Crippen molar-refractivity contribution in [1.82, 2.24) is 0 Å². The molecular formula is C12H23NO3S. The molecule has 2 atom stereocenters. The van der Waals surface area contributed by atoms with Gasteiger partial charge in [0.1, 0.15) is 5.54 Å². The first kappa shape index (κ1) is 14.8. The topological polar surface area (TPSA) is 72.5 Å². The Kier molecular flexibility index (Phi) is 5.76. The highest BCUT2D eigenvalue weighted by Gasteiger charge is 2.48. The number of carbonyl (C=O) groups is 1. The van der Waals surface area contributed by atoms with Gasteiger partial charge in [-0.15, -0.1) is 0 Å². The Hall–Kier alpha value is -0.260. The molecule has 0 aromatic carbocycles. The van der Waals surface area contributed by atoms with Gasteiger partial charge in [0.25, 0.3) is 0 Å². The van der Waals surface area contributed by atoms with E-state index in [9.17, 15) is 4.79 Å². The molecule has 0 heterocycles. The van der Waals surface area contributed by atoms with E-state index in [1.165, 1.54) is 0 Å². The van der Waals surface area contributed by atoms with Crippen LogP contribution in [-0.2, 0) is 9.53 Å². The summed E-state index contributed by atoms with van der Waals surface area (Å²) in [7, 11) is 0. The number of nitrogens with two attached hydrogens (primary N) is 1. The quantitative estimate of drug-likeness (QED) is 0.638. The highest BCUT2D eigenvalue weighted by molar-refractivity contribution is 7.99. The zero-order valence-electron chi connectivity index (χ0n) is 10.6. The van der Waals surface area contributed by atoms with Crippen LogP contribution in [0.4, 0.5) is 0 Å². The molecule has 1 aliphatic rings. The van der Waals surface area contributed by atoms with Crippen molar-refractivity contribution in [2.45, 2.75) is 32.2 Å². The minimum absolute atomic E-state index is 0.174. The monoisotopic (exact) mass is 261 g/mol. The fraction of sp³-hybridized carbons (Fsp3) is 0.917. The normalized spacial score (nSPS) is 20.7. The highest BCUT2D eigenvalue weighted by atomic mass is 32.2. The zero-order chi connectivity index (χ0) is 12.9. The summed E-state index contributed by atoms with van der Waals surface area (Å²) in [6.45, 7) is 4.33. The average Bonchev–Trinajstić information content (AvgIpc) is 3.12. The van der Waals surface area contributed by atoms with Crippen LogP contribution >= 0.6 is 11.8 Å². The van der Waals surface area contributed by atoms with Crippen molar-refractivity contribution in [3.8, 4) is 0 Å². The predicted molar refractivity (Wildman–Crippen MR) is 69.9 cm³/mol. The number of aliphatic hydroxyl groups is 1. The lowest BCUT2D eigenvalue weighted by atomic mass is 9.97. The number of ether oxygens (including phenoxy) is 1. The maximum atomic E-state index is 11.9. The standard InChI is InChI=1S/C12H23NO3S/c1-3-16-11(15)12(13,10-4-5-10)8-17-7-9(2)6-14/h9-10,14H,3-8,13H2,1-2H3. The van der Waals surface area contributed by atoms with E-state index in [2.05, 4.69) is 0 Å². The zero-order valence-corrected chi connectivity index (χ0v) is 11.5. The van der Waals surface area contributed by atoms with Crippen LogP contribution < -0.4 is 5.73 Å². The third-order valence-corrected chi connectivity index (χ3v) is 4.50. The summed E-state index contributed by atoms with van der Waals surface area (Å²) in [5.41, 5.74) is 5.38. The van der Waals surface area contributed by atoms with Gasteiger partial charge in [0.05, 0.1) is 6.61 Å². The van der Waals surface area contributed by atoms with Gasteiger partial charge in [0, 0.05) is 12.4 Å². The molecule has 0 saturated heterocycles. The lowest BCUT2D eigenvalue weighted by Crippen LogP contribution is -2.53. The van der Waals surface area contributed by atoms with E-state index in [1.807, 2.05) is 6.92 Å². The Morgan fingerprint density at radius 3 is 2.76 bits per heavy atom. The summed E-state index contributed by atoms with van der Waals surface area (Å²) in [5.74, 6) is 1.65. The Labute approximate surface area is 107 Å². The van der Waals surface area contributed by atoms with Crippen molar-refractivity contribution >= 4 is 17.7 Å². The molecule has 0 spiro atoms. The van der Waals surface area contributed by atoms with Gasteiger partial charge in [-0.3, -0.25) is 4.79 Å². The van der Waals surface area contributed by atoms with Crippen LogP contribution in [0, 0.1) is 11.8 Å². The average molecular weight is 261 g/mol. The van der Waals surface area contributed by atoms with E-state index in [0.29, 0.717) is 12.4 Å². The first-order chi connectivity index (χ1) is 8.04. The third-order valence-electron chi connectivity index (χ3n) is 3.02. The molecule has 0 aliphatic heterocycles. The number of rotatable bonds is 8. The third kappa shape index (κ3) is 4.16. The molecule has 1 fully saturated rings. The minimum Gasteiger partial charge on any atom is -0.465 e. The van der Waals surface area contributed by atoms with E-state index in [1.54, 1.807) is 18.7 Å². The second-order valence-electron chi connectivity index (χ2n) is 4.84. The fourth-order valence-electron chi connectivity index (χ4n) is 1.69. The molecule has 4 nitrogen and oxygen atoms in total. The van der Waals surface area contributed by atoms with Crippen LogP contribution in [0.3, 0.4) is 0 Å². The van der Waals surface area contributed by atoms with Crippen LogP contribution in [-0.4, -0.2) is 41.3 Å². The van der Waals surface area contributed by atoms with Gasteiger partial charge in [-0.1, -0.05) is 6.92 Å². The van der Waals surface area contributed by atoms with Crippen molar-refractivity contribution in [3.63, 3.8) is 0 Å². The molecule has 0 aromatic heterocycles. The lowest BCUT2D eigenvalue weighted by molar-refractivity contribution is -0.149. The molecule has 17 heavy (non-hydrogen) atoms. The number of aliphatic hydroxyl groups excluding tert-OH is 1. The summed E-state index contributed by atoms with van der Waals surface area (Å²) in [5, 5.41) is 8.94. The maximum absolute atomic E-state index is 11.9. The number of thioether (sulfide) groups is 1. The van der Waals surface area contributed by atoms with Crippen molar-refractivity contribution in [2.24, 2.45) is 17.6 Å². The Balaban J connectivity index is 2.44. The molecule has 0 amide bonds. The molecule has 0 radical (unpaired) electrons. The number of carbonyl (C=O) groups excluding carboxylic acids is 1. The second-order valence-corrected chi connectivity index (χ2v) is 5.87. The van der Waals surface area contributed by atoms with E-state index in [-0.39, 0.29) is 24.4 Å². The van der Waals surface area contributed by atoms with Crippen LogP contribution in [0.1, 0.15) is 26.7 Å². The number of esters is 1. The van der Waals surface area contributed by atoms with Gasteiger partial charge in [0.2, 0.25) is 0 Å². The van der Waals surface area contributed by atoms with Crippen molar-refractivity contribution in [3.05, 3.63) is 0 Å². The van der Waals surface area contributed by atoms with Crippen molar-refractivity contribution < 1.29 is 14.6 Å². The fourth-order valence-corrected chi connectivity index (χ4v) is 3.01. The predicted octanol–water partition coefficient (Wildman–Crippen LogP) is 1.02. The maximum Gasteiger partial charge on any atom is 0.327 e. The van der Waals surface area contributed by atoms with Gasteiger partial charge in [-0.2, -0.15) is 11.8 Å². The molecule has 100 valence electrons. The summed E-state index contributed by atoms with van der Waals surface area (Å²) in [4.78, 5) is 11.9.